The molecule has 1 aliphatic heterocycles. The lowest BCUT2D eigenvalue weighted by Crippen LogP contribution is -2.44. The molecule has 16 heteroatoms. The van der Waals surface area contributed by atoms with E-state index in [4.69, 9.17) is 29.2 Å². The van der Waals surface area contributed by atoms with E-state index < -0.39 is 17.1 Å². The summed E-state index contributed by atoms with van der Waals surface area (Å²) in [4.78, 5) is 31.9. The molecule has 7 aromatic rings. The number of carbonyl (C=O) groups is 1. The summed E-state index contributed by atoms with van der Waals surface area (Å²) in [5.41, 5.74) is 9.38. The third-order valence-electron chi connectivity index (χ3n) is 12.5. The lowest BCUT2D eigenvalue weighted by atomic mass is 9.79. The zero-order valence-electron chi connectivity index (χ0n) is 37.1. The quantitative estimate of drug-likeness (QED) is 0.157. The van der Waals surface area contributed by atoms with Crippen LogP contribution in [0, 0.1) is 26.4 Å². The van der Waals surface area contributed by atoms with E-state index >= 15 is 0 Å². The Bertz CT molecular complexity index is 3050. The van der Waals surface area contributed by atoms with E-state index in [0.717, 1.165) is 90.3 Å². The highest BCUT2D eigenvalue weighted by Crippen LogP contribution is 2.47. The van der Waals surface area contributed by atoms with Crippen molar-refractivity contribution in [1.82, 2.24) is 39.8 Å². The molecule has 2 aliphatic carbocycles. The molecule has 2 aromatic carbocycles. The minimum atomic E-state index is -0.853. The second-order valence-corrected chi connectivity index (χ2v) is 18.6. The van der Waals surface area contributed by atoms with Crippen molar-refractivity contribution in [1.29, 1.82) is 10.5 Å². The van der Waals surface area contributed by atoms with Gasteiger partial charge in [0.15, 0.2) is 0 Å². The van der Waals surface area contributed by atoms with Gasteiger partial charge in [0.2, 0.25) is 0 Å². The molecular formula is C49H48IN11O4. The van der Waals surface area contributed by atoms with Crippen molar-refractivity contribution < 1.29 is 19.0 Å². The SMILES string of the molecule is COc1cc2[nH]nc(-c3ccc(N4CCN(C)CC4)nc3)c2nc1C1(C#N)CCc2ccccc21.COc1cc2c(nc1-c1cccc3c1CCC3C#N)c(I)nn2C(=O)OC(C)(C)C. The molecule has 0 radical (unpaired) electrons. The van der Waals surface area contributed by atoms with Crippen molar-refractivity contribution in [3.8, 4) is 46.2 Å². The van der Waals surface area contributed by atoms with E-state index in [0.29, 0.717) is 49.6 Å². The number of fused-ring (bicyclic) bond motifs is 4. The summed E-state index contributed by atoms with van der Waals surface area (Å²) in [6.45, 7) is 9.43. The van der Waals surface area contributed by atoms with Crippen LogP contribution in [-0.2, 0) is 23.0 Å². The number of halogens is 1. The molecule has 2 unspecified atom stereocenters. The Balaban J connectivity index is 0.000000166. The maximum Gasteiger partial charge on any atom is 0.435 e. The number of rotatable bonds is 6. The lowest BCUT2D eigenvalue weighted by Gasteiger charge is -2.33. The van der Waals surface area contributed by atoms with E-state index in [2.05, 4.69) is 79.0 Å². The molecule has 0 saturated carbocycles. The molecule has 1 fully saturated rings. The van der Waals surface area contributed by atoms with Crippen LogP contribution in [0.15, 0.2) is 72.9 Å². The molecule has 2 atom stereocenters. The second-order valence-electron chi connectivity index (χ2n) is 17.6. The number of H-pyrrole nitrogens is 1. The number of likely N-dealkylation sites (N-methyl/N-ethyl adjacent to an activating group) is 1. The number of hydrogen-bond donors (Lipinski definition) is 1. The van der Waals surface area contributed by atoms with Gasteiger partial charge >= 0.3 is 6.09 Å². The van der Waals surface area contributed by atoms with Crippen molar-refractivity contribution in [2.45, 2.75) is 63.4 Å². The summed E-state index contributed by atoms with van der Waals surface area (Å²) in [5, 5.41) is 31.9. The highest BCUT2D eigenvalue weighted by Gasteiger charge is 2.44. The van der Waals surface area contributed by atoms with Gasteiger partial charge < -0.3 is 24.0 Å². The lowest BCUT2D eigenvalue weighted by molar-refractivity contribution is 0.0522. The molecular weight excluding hydrogens is 934 g/mol. The van der Waals surface area contributed by atoms with Gasteiger partial charge in [-0.3, -0.25) is 5.10 Å². The molecule has 15 nitrogen and oxygen atoms in total. The first-order valence-corrected chi connectivity index (χ1v) is 22.7. The molecule has 3 aliphatic rings. The number of nitriles is 2. The number of aromatic amines is 1. The van der Waals surface area contributed by atoms with E-state index in [-0.39, 0.29) is 5.92 Å². The first-order chi connectivity index (χ1) is 31.4. The number of methoxy groups -OCH3 is 2. The predicted molar refractivity (Wildman–Crippen MR) is 255 cm³/mol. The Kier molecular flexibility index (Phi) is 11.7. The first kappa shape index (κ1) is 43.6. The maximum absolute atomic E-state index is 12.6. The number of nitrogens with zero attached hydrogens (tertiary/aromatic N) is 10. The van der Waals surface area contributed by atoms with Crippen LogP contribution in [-0.4, -0.2) is 99.0 Å². The normalized spacial score (nSPS) is 18.0. The average Bonchev–Trinajstić information content (AvgIpc) is 4.11. The zero-order valence-corrected chi connectivity index (χ0v) is 39.3. The van der Waals surface area contributed by atoms with Gasteiger partial charge in [0.1, 0.15) is 65.7 Å². The Morgan fingerprint density at radius 1 is 0.923 bits per heavy atom. The second kappa shape index (κ2) is 17.4. The maximum atomic E-state index is 12.6. The number of piperazine rings is 1. The van der Waals surface area contributed by atoms with Crippen LogP contribution >= 0.6 is 22.6 Å². The van der Waals surface area contributed by atoms with Gasteiger partial charge in [-0.2, -0.15) is 25.4 Å². The van der Waals surface area contributed by atoms with Crippen LogP contribution in [0.3, 0.4) is 0 Å². The molecule has 6 heterocycles. The Hall–Kier alpha value is -6.63. The average molecular weight is 982 g/mol. The number of carbonyl (C=O) groups excluding carboxylic acids is 1. The number of anilines is 1. The summed E-state index contributed by atoms with van der Waals surface area (Å²) < 4.78 is 18.7. The largest absolute Gasteiger partial charge is 0.495 e. The van der Waals surface area contributed by atoms with Crippen LogP contribution in [0.2, 0.25) is 0 Å². The molecule has 5 aromatic heterocycles. The number of benzene rings is 2. The van der Waals surface area contributed by atoms with Crippen LogP contribution < -0.4 is 14.4 Å². The molecule has 10 rings (SSSR count). The Labute approximate surface area is 390 Å². The summed E-state index contributed by atoms with van der Waals surface area (Å²) in [6, 6.07) is 26.8. The van der Waals surface area contributed by atoms with Crippen LogP contribution in [0.25, 0.3) is 44.6 Å². The fraction of sp³-hybridized carbons (Fsp3) is 0.347. The van der Waals surface area contributed by atoms with E-state index in [1.807, 2.05) is 75.5 Å². The summed E-state index contributed by atoms with van der Waals surface area (Å²) in [7, 11) is 5.34. The number of nitrogens with one attached hydrogen (secondary N) is 1. The molecule has 0 amide bonds. The Morgan fingerprint density at radius 2 is 1.71 bits per heavy atom. The summed E-state index contributed by atoms with van der Waals surface area (Å²) >= 11 is 2.07. The van der Waals surface area contributed by atoms with Gasteiger partial charge in [0.25, 0.3) is 0 Å². The standard InChI is InChI=1S/C27H27N7O.C22H21IN4O3/c1-33-11-13-34(14-12-33)23-8-7-19(16-29-23)24-25-21(31-32-24)15-22(35-2)26(30-25)27(17-28)10-9-18-5-3-4-6-20(18)27;1-22(2,3)30-21(28)27-16-10-17(29-4)18(25-19(16)20(23)26-27)15-7-5-6-13-12(11-24)8-9-14(13)15/h3-8,15-16H,9-14H2,1-2H3,(H,31,32);5-7,10,12H,8-9H2,1-4H3. The first-order valence-electron chi connectivity index (χ1n) is 21.6. The van der Waals surface area contributed by atoms with Gasteiger partial charge in [-0.25, -0.2) is 19.7 Å². The molecule has 0 spiro atoms. The fourth-order valence-corrected chi connectivity index (χ4v) is 9.77. The molecule has 65 heavy (non-hydrogen) atoms. The third-order valence-corrected chi connectivity index (χ3v) is 13.2. The van der Waals surface area contributed by atoms with Gasteiger partial charge in [0.05, 0.1) is 37.8 Å². The van der Waals surface area contributed by atoms with Crippen LogP contribution in [0.1, 0.15) is 67.5 Å². The van der Waals surface area contributed by atoms with Gasteiger partial charge in [-0.1, -0.05) is 42.5 Å². The van der Waals surface area contributed by atoms with E-state index in [9.17, 15) is 15.3 Å². The number of pyridine rings is 3. The van der Waals surface area contributed by atoms with E-state index in [1.54, 1.807) is 20.3 Å². The van der Waals surface area contributed by atoms with Gasteiger partial charge in [0, 0.05) is 55.6 Å². The van der Waals surface area contributed by atoms with Crippen LogP contribution in [0.4, 0.5) is 10.6 Å². The minimum Gasteiger partial charge on any atom is -0.495 e. The predicted octanol–water partition coefficient (Wildman–Crippen LogP) is 8.58. The topological polar surface area (TPSA) is 184 Å². The summed E-state index contributed by atoms with van der Waals surface area (Å²) in [5.74, 6) is 2.01. The number of hydrogen-bond acceptors (Lipinski definition) is 13. The highest BCUT2D eigenvalue weighted by atomic mass is 127. The van der Waals surface area contributed by atoms with Crippen LogP contribution in [0.5, 0.6) is 11.5 Å². The Morgan fingerprint density at radius 3 is 2.42 bits per heavy atom. The third kappa shape index (κ3) is 7.99. The van der Waals surface area contributed by atoms with Crippen molar-refractivity contribution >= 4 is 56.6 Å². The highest BCUT2D eigenvalue weighted by molar-refractivity contribution is 14.1. The zero-order chi connectivity index (χ0) is 45.6. The molecule has 1 saturated heterocycles. The number of aromatic nitrogens is 7. The van der Waals surface area contributed by atoms with E-state index in [1.165, 1.54) is 10.2 Å². The van der Waals surface area contributed by atoms with Crippen molar-refractivity contribution in [3.63, 3.8) is 0 Å². The number of aryl methyl sites for hydroxylation is 1. The van der Waals surface area contributed by atoms with Gasteiger partial charge in [-0.05, 0) is 110 Å². The minimum absolute atomic E-state index is 0.0928. The summed E-state index contributed by atoms with van der Waals surface area (Å²) in [6.07, 6.45) is 4.43. The monoisotopic (exact) mass is 981 g/mol. The van der Waals surface area contributed by atoms with Crippen molar-refractivity contribution in [2.75, 3.05) is 52.3 Å². The molecule has 0 bridgehead atoms. The van der Waals surface area contributed by atoms with Crippen molar-refractivity contribution in [2.24, 2.45) is 0 Å². The van der Waals surface area contributed by atoms with Crippen molar-refractivity contribution in [3.05, 3.63) is 105 Å². The smallest absolute Gasteiger partial charge is 0.435 e. The fourth-order valence-electron chi connectivity index (χ4n) is 9.16. The number of ether oxygens (including phenoxy) is 3. The molecule has 1 N–H and O–H groups in total. The van der Waals surface area contributed by atoms with Gasteiger partial charge in [-0.15, -0.1) is 0 Å². The molecule has 330 valence electrons.